The van der Waals surface area contributed by atoms with Crippen LogP contribution >= 0.6 is 0 Å². The minimum absolute atomic E-state index is 0.0306. The quantitative estimate of drug-likeness (QED) is 0.837. The normalized spacial score (nSPS) is 29.3. The molecule has 0 heterocycles. The van der Waals surface area contributed by atoms with Gasteiger partial charge >= 0.3 is 5.97 Å². The van der Waals surface area contributed by atoms with Gasteiger partial charge in [0.1, 0.15) is 0 Å². The second-order valence-corrected chi connectivity index (χ2v) is 6.35. The Morgan fingerprint density at radius 3 is 2.18 bits per heavy atom. The number of amides is 1. The molecule has 3 rings (SSSR count). The number of anilines is 1. The maximum atomic E-state index is 12.5. The van der Waals surface area contributed by atoms with Gasteiger partial charge in [-0.2, -0.15) is 0 Å². The molecule has 1 amide bonds. The highest BCUT2D eigenvalue weighted by Crippen LogP contribution is 2.52. The van der Waals surface area contributed by atoms with Gasteiger partial charge in [-0.1, -0.05) is 0 Å². The zero-order chi connectivity index (χ0) is 15.9. The van der Waals surface area contributed by atoms with Gasteiger partial charge in [0.15, 0.2) is 5.78 Å². The molecule has 2 bridgehead atoms. The number of aliphatic carboxylic acids is 1. The highest BCUT2D eigenvalue weighted by molar-refractivity contribution is 5.97. The lowest BCUT2D eigenvalue weighted by Crippen LogP contribution is -2.37. The van der Waals surface area contributed by atoms with Gasteiger partial charge in [0.2, 0.25) is 5.91 Å². The molecular weight excluding hydrogens is 282 g/mol. The van der Waals surface area contributed by atoms with Crippen molar-refractivity contribution in [1.29, 1.82) is 0 Å². The topological polar surface area (TPSA) is 83.5 Å². The molecule has 5 heteroatoms. The van der Waals surface area contributed by atoms with Gasteiger partial charge in [0.05, 0.1) is 11.8 Å². The van der Waals surface area contributed by atoms with Crippen molar-refractivity contribution < 1.29 is 19.5 Å². The number of carboxylic acids is 1. The van der Waals surface area contributed by atoms with Gasteiger partial charge in [0, 0.05) is 11.3 Å². The maximum absolute atomic E-state index is 12.5. The fraction of sp³-hybridized carbons (Fsp3) is 0.471. The molecule has 0 radical (unpaired) electrons. The molecule has 116 valence electrons. The zero-order valence-electron chi connectivity index (χ0n) is 12.4. The molecule has 2 aliphatic rings. The Balaban J connectivity index is 1.73. The fourth-order valence-corrected chi connectivity index (χ4v) is 4.04. The number of carboxylic acid groups (broad SMARTS) is 1. The van der Waals surface area contributed by atoms with E-state index in [9.17, 15) is 19.5 Å². The largest absolute Gasteiger partial charge is 0.481 e. The van der Waals surface area contributed by atoms with Gasteiger partial charge < -0.3 is 10.4 Å². The van der Waals surface area contributed by atoms with Crippen LogP contribution < -0.4 is 5.32 Å². The summed E-state index contributed by atoms with van der Waals surface area (Å²) in [5.41, 5.74) is 1.18. The minimum atomic E-state index is -0.862. The smallest absolute Gasteiger partial charge is 0.307 e. The number of nitrogens with one attached hydrogen (secondary N) is 1. The first-order valence-electron chi connectivity index (χ1n) is 7.62. The van der Waals surface area contributed by atoms with Crippen molar-refractivity contribution in [2.75, 3.05) is 5.32 Å². The van der Waals surface area contributed by atoms with Crippen LogP contribution in [-0.4, -0.2) is 22.8 Å². The van der Waals surface area contributed by atoms with Crippen molar-refractivity contribution >= 4 is 23.3 Å². The van der Waals surface area contributed by atoms with Crippen LogP contribution in [-0.2, 0) is 9.59 Å². The number of carbonyl (C=O) groups excluding carboxylic acids is 2. The van der Waals surface area contributed by atoms with E-state index in [2.05, 4.69) is 5.32 Å². The Hall–Kier alpha value is -2.17. The molecule has 22 heavy (non-hydrogen) atoms. The van der Waals surface area contributed by atoms with E-state index in [0.29, 0.717) is 11.3 Å². The number of Topliss-reactive ketones (excluding diaryl/α,β-unsaturated/α-hetero) is 1. The van der Waals surface area contributed by atoms with Crippen LogP contribution in [0.2, 0.25) is 0 Å². The number of hydrogen-bond acceptors (Lipinski definition) is 3. The molecule has 0 aliphatic heterocycles. The number of carbonyl (C=O) groups is 3. The molecule has 1 aromatic rings. The number of ketones is 1. The van der Waals surface area contributed by atoms with Crippen LogP contribution in [0.5, 0.6) is 0 Å². The summed E-state index contributed by atoms with van der Waals surface area (Å²) in [6.45, 7) is 1.49. The summed E-state index contributed by atoms with van der Waals surface area (Å²) in [5.74, 6) is -1.79. The molecule has 2 N–H and O–H groups in total. The van der Waals surface area contributed by atoms with E-state index in [1.165, 1.54) is 6.92 Å². The maximum Gasteiger partial charge on any atom is 0.307 e. The van der Waals surface area contributed by atoms with Gasteiger partial charge in [-0.05, 0) is 62.3 Å². The van der Waals surface area contributed by atoms with Crippen LogP contribution in [0, 0.1) is 23.7 Å². The first kappa shape index (κ1) is 14.8. The first-order valence-corrected chi connectivity index (χ1v) is 7.62. The third kappa shape index (κ3) is 2.51. The molecule has 1 aromatic carbocycles. The fourth-order valence-electron chi connectivity index (χ4n) is 4.04. The van der Waals surface area contributed by atoms with Crippen molar-refractivity contribution in [2.45, 2.75) is 26.2 Å². The van der Waals surface area contributed by atoms with Crippen molar-refractivity contribution in [2.24, 2.45) is 23.7 Å². The lowest BCUT2D eigenvalue weighted by Gasteiger charge is -2.27. The van der Waals surface area contributed by atoms with E-state index in [1.807, 2.05) is 0 Å². The molecule has 0 saturated heterocycles. The van der Waals surface area contributed by atoms with E-state index in [1.54, 1.807) is 24.3 Å². The molecule has 0 spiro atoms. The lowest BCUT2D eigenvalue weighted by molar-refractivity contribution is -0.148. The van der Waals surface area contributed by atoms with Crippen molar-refractivity contribution in [3.8, 4) is 0 Å². The average Bonchev–Trinajstić information content (AvgIpc) is 3.08. The van der Waals surface area contributed by atoms with E-state index >= 15 is 0 Å². The van der Waals surface area contributed by atoms with E-state index in [4.69, 9.17) is 0 Å². The average molecular weight is 301 g/mol. The highest BCUT2D eigenvalue weighted by atomic mass is 16.4. The Morgan fingerprint density at radius 1 is 1.05 bits per heavy atom. The minimum Gasteiger partial charge on any atom is -0.481 e. The van der Waals surface area contributed by atoms with Crippen LogP contribution in [0.4, 0.5) is 5.69 Å². The van der Waals surface area contributed by atoms with E-state index in [-0.39, 0.29) is 23.5 Å². The Bertz CT molecular complexity index is 622. The van der Waals surface area contributed by atoms with Gasteiger partial charge in [-0.3, -0.25) is 14.4 Å². The summed E-state index contributed by atoms with van der Waals surface area (Å²) in [6.07, 6.45) is 2.70. The Kier molecular flexibility index (Phi) is 3.72. The summed E-state index contributed by atoms with van der Waals surface area (Å²) in [7, 11) is 0. The van der Waals surface area contributed by atoms with Crippen molar-refractivity contribution in [1.82, 2.24) is 0 Å². The predicted molar refractivity (Wildman–Crippen MR) is 80.5 cm³/mol. The van der Waals surface area contributed by atoms with Crippen molar-refractivity contribution in [3.05, 3.63) is 29.8 Å². The van der Waals surface area contributed by atoms with Crippen LogP contribution in [0.1, 0.15) is 36.5 Å². The molecule has 5 nitrogen and oxygen atoms in total. The third-order valence-electron chi connectivity index (χ3n) is 5.06. The Labute approximate surface area is 128 Å². The molecule has 0 unspecified atom stereocenters. The first-order chi connectivity index (χ1) is 10.5. The van der Waals surface area contributed by atoms with Crippen molar-refractivity contribution in [3.63, 3.8) is 0 Å². The number of benzene rings is 1. The summed E-state index contributed by atoms with van der Waals surface area (Å²) >= 11 is 0. The predicted octanol–water partition coefficient (Wildman–Crippen LogP) is 2.57. The summed E-state index contributed by atoms with van der Waals surface area (Å²) in [4.78, 5) is 35.2. The molecule has 0 aromatic heterocycles. The molecular formula is C17H19NO4. The number of fused-ring (bicyclic) bond motifs is 2. The third-order valence-corrected chi connectivity index (χ3v) is 5.06. The molecule has 2 fully saturated rings. The SMILES string of the molecule is CC(=O)c1ccc(NC(=O)[C@H]2[C@@H]3CC[C@@H](C3)[C@@H]2C(=O)O)cc1. The monoisotopic (exact) mass is 301 g/mol. The summed E-state index contributed by atoms with van der Waals surface area (Å²) in [5, 5.41) is 12.2. The summed E-state index contributed by atoms with van der Waals surface area (Å²) in [6, 6.07) is 6.68. The van der Waals surface area contributed by atoms with Gasteiger partial charge in [-0.15, -0.1) is 0 Å². The number of rotatable bonds is 4. The van der Waals surface area contributed by atoms with Crippen LogP contribution in [0.25, 0.3) is 0 Å². The van der Waals surface area contributed by atoms with E-state index in [0.717, 1.165) is 19.3 Å². The second-order valence-electron chi connectivity index (χ2n) is 6.35. The van der Waals surface area contributed by atoms with E-state index < -0.39 is 17.8 Å². The lowest BCUT2D eigenvalue weighted by atomic mass is 9.78. The van der Waals surface area contributed by atoms with Gasteiger partial charge in [-0.25, -0.2) is 0 Å². The number of hydrogen-bond donors (Lipinski definition) is 2. The standard InChI is InChI=1S/C17H19NO4/c1-9(19)10-4-6-13(7-5-10)18-16(20)14-11-2-3-12(8-11)15(14)17(21)22/h4-7,11-12,14-15H,2-3,8H2,1H3,(H,18,20)(H,21,22)/t11-,12+,14+,15+/m1/s1. The van der Waals surface area contributed by atoms with Crippen LogP contribution in [0.3, 0.4) is 0 Å². The second kappa shape index (κ2) is 5.55. The van der Waals surface area contributed by atoms with Gasteiger partial charge in [0.25, 0.3) is 0 Å². The molecule has 2 aliphatic carbocycles. The van der Waals surface area contributed by atoms with Crippen LogP contribution in [0.15, 0.2) is 24.3 Å². The molecule has 4 atom stereocenters. The molecule has 2 saturated carbocycles. The zero-order valence-corrected chi connectivity index (χ0v) is 12.4. The Morgan fingerprint density at radius 2 is 1.64 bits per heavy atom. The highest BCUT2D eigenvalue weighted by Gasteiger charge is 2.53. The summed E-state index contributed by atoms with van der Waals surface area (Å²) < 4.78 is 0.